The lowest BCUT2D eigenvalue weighted by atomic mass is 10.1. The Morgan fingerprint density at radius 1 is 1.47 bits per heavy atom. The highest BCUT2D eigenvalue weighted by Crippen LogP contribution is 2.18. The van der Waals surface area contributed by atoms with Gasteiger partial charge in [-0.1, -0.05) is 28.1 Å². The normalized spacial score (nSPS) is 13.6. The Bertz CT molecular complexity index is 462. The third kappa shape index (κ3) is 5.16. The zero-order chi connectivity index (χ0) is 12.9. The van der Waals surface area contributed by atoms with Gasteiger partial charge in [-0.3, -0.25) is 0 Å². The van der Waals surface area contributed by atoms with E-state index in [4.69, 9.17) is 4.74 Å². The molecule has 1 unspecified atom stereocenters. The first-order chi connectivity index (χ1) is 7.94. The van der Waals surface area contributed by atoms with Crippen molar-refractivity contribution in [3.63, 3.8) is 0 Å². The molecule has 0 heterocycles. The van der Waals surface area contributed by atoms with Gasteiger partial charge in [0.2, 0.25) is 10.0 Å². The minimum atomic E-state index is -3.29. The summed E-state index contributed by atoms with van der Waals surface area (Å²) in [6.07, 6.45) is 0. The minimum Gasteiger partial charge on any atom is -0.384 e. The zero-order valence-corrected chi connectivity index (χ0v) is 12.2. The summed E-state index contributed by atoms with van der Waals surface area (Å²) >= 11 is 3.35. The van der Waals surface area contributed by atoms with Gasteiger partial charge in [0.05, 0.1) is 12.4 Å². The first-order valence-corrected chi connectivity index (χ1v) is 7.63. The SMILES string of the molecule is COCCS(=O)(=O)NC(C)c1cccc(Br)c1. The molecule has 0 fully saturated rings. The average Bonchev–Trinajstić information content (AvgIpc) is 2.26. The predicted molar refractivity (Wildman–Crippen MR) is 71.4 cm³/mol. The molecule has 4 nitrogen and oxygen atoms in total. The molecule has 1 aromatic rings. The van der Waals surface area contributed by atoms with Gasteiger partial charge in [-0.25, -0.2) is 13.1 Å². The van der Waals surface area contributed by atoms with Gasteiger partial charge < -0.3 is 4.74 Å². The van der Waals surface area contributed by atoms with Crippen molar-refractivity contribution in [1.82, 2.24) is 4.72 Å². The van der Waals surface area contributed by atoms with Gasteiger partial charge in [-0.15, -0.1) is 0 Å². The van der Waals surface area contributed by atoms with Gasteiger partial charge in [0.15, 0.2) is 0 Å². The van der Waals surface area contributed by atoms with Crippen molar-refractivity contribution in [2.75, 3.05) is 19.5 Å². The van der Waals surface area contributed by atoms with Crippen LogP contribution < -0.4 is 4.72 Å². The van der Waals surface area contributed by atoms with E-state index in [1.165, 1.54) is 7.11 Å². The summed E-state index contributed by atoms with van der Waals surface area (Å²) in [6, 6.07) is 7.29. The number of benzene rings is 1. The first kappa shape index (κ1) is 14.6. The highest BCUT2D eigenvalue weighted by atomic mass is 79.9. The molecule has 0 aromatic heterocycles. The highest BCUT2D eigenvalue weighted by Gasteiger charge is 2.15. The molecule has 1 aromatic carbocycles. The standard InChI is InChI=1S/C11H16BrNO3S/c1-9(10-4-3-5-11(12)8-10)13-17(14,15)7-6-16-2/h3-5,8-9,13H,6-7H2,1-2H3. The highest BCUT2D eigenvalue weighted by molar-refractivity contribution is 9.10. The third-order valence-corrected chi connectivity index (χ3v) is 4.17. The van der Waals surface area contributed by atoms with Crippen molar-refractivity contribution in [1.29, 1.82) is 0 Å². The number of hydrogen-bond donors (Lipinski definition) is 1. The van der Waals surface area contributed by atoms with Crippen LogP contribution in [0.3, 0.4) is 0 Å². The van der Waals surface area contributed by atoms with Gasteiger partial charge in [0, 0.05) is 17.6 Å². The lowest BCUT2D eigenvalue weighted by Gasteiger charge is -2.14. The lowest BCUT2D eigenvalue weighted by Crippen LogP contribution is -2.30. The van der Waals surface area contributed by atoms with Gasteiger partial charge in [0.25, 0.3) is 0 Å². The van der Waals surface area contributed by atoms with E-state index in [0.29, 0.717) is 0 Å². The molecule has 0 aliphatic heterocycles. The number of ether oxygens (including phenoxy) is 1. The molecule has 6 heteroatoms. The Balaban J connectivity index is 2.69. The number of rotatable bonds is 6. The Morgan fingerprint density at radius 3 is 2.76 bits per heavy atom. The van der Waals surface area contributed by atoms with E-state index >= 15 is 0 Å². The maximum Gasteiger partial charge on any atom is 0.214 e. The number of sulfonamides is 1. The van der Waals surface area contributed by atoms with E-state index in [9.17, 15) is 8.42 Å². The summed E-state index contributed by atoms with van der Waals surface area (Å²) in [5.41, 5.74) is 0.917. The maximum absolute atomic E-state index is 11.7. The van der Waals surface area contributed by atoms with Gasteiger partial charge in [-0.2, -0.15) is 0 Å². The van der Waals surface area contributed by atoms with Crippen molar-refractivity contribution in [3.05, 3.63) is 34.3 Å². The number of methoxy groups -OCH3 is 1. The molecule has 17 heavy (non-hydrogen) atoms. The Labute approximate surface area is 111 Å². The Kier molecular flexibility index (Phi) is 5.58. The van der Waals surface area contributed by atoms with E-state index < -0.39 is 10.0 Å². The summed E-state index contributed by atoms with van der Waals surface area (Å²) in [4.78, 5) is 0. The number of halogens is 1. The predicted octanol–water partition coefficient (Wildman–Crippen LogP) is 2.08. The van der Waals surface area contributed by atoms with Crippen LogP contribution in [0.4, 0.5) is 0 Å². The summed E-state index contributed by atoms with van der Waals surface area (Å²) < 4.78 is 31.6. The summed E-state index contributed by atoms with van der Waals surface area (Å²) in [7, 11) is -1.81. The molecule has 1 atom stereocenters. The quantitative estimate of drug-likeness (QED) is 0.872. The molecule has 1 N–H and O–H groups in total. The molecule has 0 saturated carbocycles. The molecule has 0 spiro atoms. The molecule has 0 bridgehead atoms. The third-order valence-electron chi connectivity index (χ3n) is 2.26. The molecule has 0 saturated heterocycles. The van der Waals surface area contributed by atoms with Crippen LogP contribution >= 0.6 is 15.9 Å². The zero-order valence-electron chi connectivity index (χ0n) is 9.81. The second kappa shape index (κ2) is 6.49. The lowest BCUT2D eigenvalue weighted by molar-refractivity contribution is 0.216. The van der Waals surface area contributed by atoms with Crippen LogP contribution in [-0.2, 0) is 14.8 Å². The van der Waals surface area contributed by atoms with Crippen LogP contribution in [0.25, 0.3) is 0 Å². The van der Waals surface area contributed by atoms with Crippen LogP contribution in [0.2, 0.25) is 0 Å². The van der Waals surface area contributed by atoms with Gasteiger partial charge >= 0.3 is 0 Å². The van der Waals surface area contributed by atoms with E-state index in [2.05, 4.69) is 20.7 Å². The fraction of sp³-hybridized carbons (Fsp3) is 0.455. The maximum atomic E-state index is 11.7. The van der Waals surface area contributed by atoms with Crippen LogP contribution in [-0.4, -0.2) is 27.9 Å². The average molecular weight is 322 g/mol. The van der Waals surface area contributed by atoms with Crippen LogP contribution in [0, 0.1) is 0 Å². The summed E-state index contributed by atoms with van der Waals surface area (Å²) in [5.74, 6) is -0.0259. The molecule has 0 radical (unpaired) electrons. The Morgan fingerprint density at radius 2 is 2.18 bits per heavy atom. The van der Waals surface area contributed by atoms with E-state index in [1.54, 1.807) is 0 Å². The topological polar surface area (TPSA) is 55.4 Å². The van der Waals surface area contributed by atoms with Gasteiger partial charge in [0.1, 0.15) is 0 Å². The van der Waals surface area contributed by atoms with Crippen molar-refractivity contribution in [3.8, 4) is 0 Å². The van der Waals surface area contributed by atoms with Crippen molar-refractivity contribution < 1.29 is 13.2 Å². The second-order valence-corrected chi connectivity index (χ2v) is 6.50. The van der Waals surface area contributed by atoms with E-state index in [-0.39, 0.29) is 18.4 Å². The largest absolute Gasteiger partial charge is 0.384 e. The van der Waals surface area contributed by atoms with E-state index in [0.717, 1.165) is 10.0 Å². The molecular formula is C11H16BrNO3S. The monoisotopic (exact) mass is 321 g/mol. The van der Waals surface area contributed by atoms with Crippen LogP contribution in [0.5, 0.6) is 0 Å². The Hall–Kier alpha value is -0.430. The van der Waals surface area contributed by atoms with Crippen LogP contribution in [0.15, 0.2) is 28.7 Å². The fourth-order valence-corrected chi connectivity index (χ4v) is 2.96. The first-order valence-electron chi connectivity index (χ1n) is 5.19. The number of nitrogens with one attached hydrogen (secondary N) is 1. The van der Waals surface area contributed by atoms with Crippen molar-refractivity contribution >= 4 is 26.0 Å². The van der Waals surface area contributed by atoms with Crippen molar-refractivity contribution in [2.45, 2.75) is 13.0 Å². The molecule has 1 rings (SSSR count). The van der Waals surface area contributed by atoms with E-state index in [1.807, 2.05) is 31.2 Å². The smallest absolute Gasteiger partial charge is 0.214 e. The minimum absolute atomic E-state index is 0.0259. The molecule has 0 amide bonds. The summed E-state index contributed by atoms with van der Waals surface area (Å²) in [5, 5.41) is 0. The van der Waals surface area contributed by atoms with Gasteiger partial charge in [-0.05, 0) is 24.6 Å². The molecule has 0 aliphatic carbocycles. The second-order valence-electron chi connectivity index (χ2n) is 3.71. The number of hydrogen-bond acceptors (Lipinski definition) is 3. The molecule has 96 valence electrons. The summed E-state index contributed by atoms with van der Waals surface area (Å²) in [6.45, 7) is 2.01. The molecule has 0 aliphatic rings. The molecular weight excluding hydrogens is 306 g/mol. The van der Waals surface area contributed by atoms with Crippen LogP contribution in [0.1, 0.15) is 18.5 Å². The fourth-order valence-electron chi connectivity index (χ4n) is 1.37. The van der Waals surface area contributed by atoms with Crippen molar-refractivity contribution in [2.24, 2.45) is 0 Å².